The third-order valence-corrected chi connectivity index (χ3v) is 5.16. The standard InChI is InChI=1S/C18H18F2N4OS/c1-18(5-6-26-17(21)24-18)12-7-11(13(19)8-14(12)20)10-3-4-15(23-9-10)16(25)22-2/h3-4,7-9H,5-6H2,1-2H3,(H2,21,24)(H,22,25). The first-order valence-corrected chi connectivity index (χ1v) is 8.99. The smallest absolute Gasteiger partial charge is 0.269 e. The summed E-state index contributed by atoms with van der Waals surface area (Å²) in [5, 5.41) is 2.86. The van der Waals surface area contributed by atoms with Crippen LogP contribution in [-0.2, 0) is 5.54 Å². The second kappa shape index (κ2) is 7.03. The Morgan fingerprint density at radius 3 is 2.69 bits per heavy atom. The molecule has 2 heterocycles. The molecule has 1 atom stereocenters. The van der Waals surface area contributed by atoms with Crippen molar-refractivity contribution in [1.82, 2.24) is 10.3 Å². The van der Waals surface area contributed by atoms with Crippen molar-refractivity contribution in [2.75, 3.05) is 12.8 Å². The van der Waals surface area contributed by atoms with Crippen LogP contribution >= 0.6 is 11.8 Å². The van der Waals surface area contributed by atoms with Crippen molar-refractivity contribution in [2.24, 2.45) is 10.7 Å². The van der Waals surface area contributed by atoms with Gasteiger partial charge in [-0.3, -0.25) is 14.8 Å². The van der Waals surface area contributed by atoms with Crippen LogP contribution in [0.4, 0.5) is 8.78 Å². The Bertz CT molecular complexity index is 886. The van der Waals surface area contributed by atoms with Gasteiger partial charge in [0, 0.05) is 41.8 Å². The van der Waals surface area contributed by atoms with E-state index in [2.05, 4.69) is 15.3 Å². The third kappa shape index (κ3) is 3.41. The van der Waals surface area contributed by atoms with Gasteiger partial charge in [0.05, 0.1) is 5.54 Å². The molecule has 1 aromatic carbocycles. The van der Waals surface area contributed by atoms with Crippen LogP contribution in [0.15, 0.2) is 35.5 Å². The van der Waals surface area contributed by atoms with E-state index in [1.165, 1.54) is 37.1 Å². The Morgan fingerprint density at radius 2 is 2.08 bits per heavy atom. The largest absolute Gasteiger partial charge is 0.379 e. The summed E-state index contributed by atoms with van der Waals surface area (Å²) in [6.07, 6.45) is 1.98. The highest BCUT2D eigenvalue weighted by atomic mass is 32.2. The molecule has 0 spiro atoms. The number of pyridine rings is 1. The van der Waals surface area contributed by atoms with Gasteiger partial charge in [0.2, 0.25) is 0 Å². The lowest BCUT2D eigenvalue weighted by atomic mass is 9.87. The Kier molecular flexibility index (Phi) is 4.95. The fourth-order valence-corrected chi connectivity index (χ4v) is 3.85. The molecule has 0 aliphatic carbocycles. The highest BCUT2D eigenvalue weighted by Crippen LogP contribution is 2.38. The van der Waals surface area contributed by atoms with E-state index >= 15 is 0 Å². The minimum atomic E-state index is -0.850. The van der Waals surface area contributed by atoms with Crippen molar-refractivity contribution in [2.45, 2.75) is 18.9 Å². The number of benzene rings is 1. The molecular weight excluding hydrogens is 358 g/mol. The third-order valence-electron chi connectivity index (χ3n) is 4.37. The fraction of sp³-hybridized carbons (Fsp3) is 0.278. The van der Waals surface area contributed by atoms with Crippen LogP contribution in [0.1, 0.15) is 29.4 Å². The monoisotopic (exact) mass is 376 g/mol. The topological polar surface area (TPSA) is 80.4 Å². The molecule has 5 nitrogen and oxygen atoms in total. The zero-order valence-corrected chi connectivity index (χ0v) is 15.2. The summed E-state index contributed by atoms with van der Waals surface area (Å²) in [6.45, 7) is 1.78. The predicted octanol–water partition coefficient (Wildman–Crippen LogP) is 3.05. The quantitative estimate of drug-likeness (QED) is 0.863. The number of halogens is 2. The molecule has 1 aliphatic heterocycles. The summed E-state index contributed by atoms with van der Waals surface area (Å²) in [5.41, 5.74) is 6.10. The van der Waals surface area contributed by atoms with E-state index in [1.807, 2.05) is 0 Å². The van der Waals surface area contributed by atoms with Crippen LogP contribution in [0.5, 0.6) is 0 Å². The van der Waals surface area contributed by atoms with Gasteiger partial charge in [0.15, 0.2) is 5.17 Å². The molecule has 0 bridgehead atoms. The number of nitrogens with one attached hydrogen (secondary N) is 1. The molecule has 2 aromatic rings. The summed E-state index contributed by atoms with van der Waals surface area (Å²) < 4.78 is 28.9. The molecule has 1 aromatic heterocycles. The van der Waals surface area contributed by atoms with Gasteiger partial charge >= 0.3 is 0 Å². The van der Waals surface area contributed by atoms with Crippen molar-refractivity contribution in [3.63, 3.8) is 0 Å². The van der Waals surface area contributed by atoms with Crippen molar-refractivity contribution in [3.8, 4) is 11.1 Å². The summed E-state index contributed by atoms with van der Waals surface area (Å²) in [5.74, 6) is -0.993. The fourth-order valence-electron chi connectivity index (χ4n) is 2.88. The number of aromatic nitrogens is 1. The number of carbonyl (C=O) groups excluding carboxylic acids is 1. The molecular formula is C18H18F2N4OS. The molecule has 1 aliphatic rings. The van der Waals surface area contributed by atoms with Crippen LogP contribution in [0.3, 0.4) is 0 Å². The first-order chi connectivity index (χ1) is 12.3. The molecule has 0 saturated carbocycles. The second-order valence-corrected chi connectivity index (χ2v) is 7.26. The number of hydrogen-bond donors (Lipinski definition) is 2. The van der Waals surface area contributed by atoms with Crippen LogP contribution in [0.25, 0.3) is 11.1 Å². The number of amidine groups is 1. The minimum Gasteiger partial charge on any atom is -0.379 e. The van der Waals surface area contributed by atoms with Gasteiger partial charge in [-0.25, -0.2) is 8.78 Å². The highest BCUT2D eigenvalue weighted by Gasteiger charge is 2.33. The van der Waals surface area contributed by atoms with Crippen molar-refractivity contribution < 1.29 is 13.6 Å². The molecule has 8 heteroatoms. The van der Waals surface area contributed by atoms with E-state index in [9.17, 15) is 13.6 Å². The average Bonchev–Trinajstić information content (AvgIpc) is 2.61. The SMILES string of the molecule is CNC(=O)c1ccc(-c2cc(C3(C)CCSC(N)=N3)c(F)cc2F)cn1. The minimum absolute atomic E-state index is 0.200. The number of aliphatic imine (C=N–C) groups is 1. The Hall–Kier alpha value is -2.48. The number of nitrogens with two attached hydrogens (primary N) is 1. The number of hydrogen-bond acceptors (Lipinski definition) is 5. The molecule has 1 amide bonds. The lowest BCUT2D eigenvalue weighted by molar-refractivity contribution is 0.0958. The Morgan fingerprint density at radius 1 is 1.31 bits per heavy atom. The Balaban J connectivity index is 2.06. The molecule has 3 rings (SSSR count). The van der Waals surface area contributed by atoms with Gasteiger partial charge < -0.3 is 11.1 Å². The van der Waals surface area contributed by atoms with Crippen LogP contribution in [0, 0.1) is 11.6 Å². The Labute approximate surface area is 154 Å². The van der Waals surface area contributed by atoms with Crippen molar-refractivity contribution in [3.05, 3.63) is 53.4 Å². The number of nitrogens with zero attached hydrogens (tertiary/aromatic N) is 2. The zero-order valence-electron chi connectivity index (χ0n) is 14.3. The number of carbonyl (C=O) groups is 1. The normalized spacial score (nSPS) is 19.8. The first kappa shape index (κ1) is 18.3. The summed E-state index contributed by atoms with van der Waals surface area (Å²) >= 11 is 1.41. The molecule has 0 saturated heterocycles. The van der Waals surface area contributed by atoms with E-state index < -0.39 is 17.2 Å². The highest BCUT2D eigenvalue weighted by molar-refractivity contribution is 8.13. The van der Waals surface area contributed by atoms with E-state index in [0.29, 0.717) is 22.9 Å². The van der Waals surface area contributed by atoms with Crippen LogP contribution in [-0.4, -0.2) is 28.9 Å². The van der Waals surface area contributed by atoms with Gasteiger partial charge in [0.1, 0.15) is 17.3 Å². The van der Waals surface area contributed by atoms with Crippen LogP contribution in [0.2, 0.25) is 0 Å². The van der Waals surface area contributed by atoms with Gasteiger partial charge in [-0.1, -0.05) is 17.8 Å². The molecule has 0 fully saturated rings. The maximum atomic E-state index is 14.5. The van der Waals surface area contributed by atoms with Gasteiger partial charge in [0.25, 0.3) is 5.91 Å². The summed E-state index contributed by atoms with van der Waals surface area (Å²) in [7, 11) is 1.50. The summed E-state index contributed by atoms with van der Waals surface area (Å²) in [4.78, 5) is 20.0. The van der Waals surface area contributed by atoms with E-state index in [0.717, 1.165) is 6.07 Å². The maximum Gasteiger partial charge on any atom is 0.269 e. The molecule has 26 heavy (non-hydrogen) atoms. The van der Waals surface area contributed by atoms with Gasteiger partial charge in [-0.15, -0.1) is 0 Å². The first-order valence-electron chi connectivity index (χ1n) is 8.00. The summed E-state index contributed by atoms with van der Waals surface area (Å²) in [6, 6.07) is 5.38. The number of rotatable bonds is 3. The molecule has 3 N–H and O–H groups in total. The lowest BCUT2D eigenvalue weighted by Crippen LogP contribution is -2.29. The molecule has 1 unspecified atom stereocenters. The second-order valence-electron chi connectivity index (χ2n) is 6.15. The molecule has 0 radical (unpaired) electrons. The van der Waals surface area contributed by atoms with Crippen LogP contribution < -0.4 is 11.1 Å². The number of thioether (sulfide) groups is 1. The van der Waals surface area contributed by atoms with Gasteiger partial charge in [-0.05, 0) is 25.5 Å². The van der Waals surface area contributed by atoms with E-state index in [1.54, 1.807) is 13.0 Å². The van der Waals surface area contributed by atoms with Gasteiger partial charge in [-0.2, -0.15) is 0 Å². The maximum absolute atomic E-state index is 14.5. The number of amides is 1. The van der Waals surface area contributed by atoms with Crippen molar-refractivity contribution >= 4 is 22.8 Å². The van der Waals surface area contributed by atoms with E-state index in [-0.39, 0.29) is 22.7 Å². The predicted molar refractivity (Wildman–Crippen MR) is 99.0 cm³/mol. The average molecular weight is 376 g/mol. The van der Waals surface area contributed by atoms with E-state index in [4.69, 9.17) is 5.73 Å². The molecule has 136 valence electrons. The lowest BCUT2D eigenvalue weighted by Gasteiger charge is -2.30. The van der Waals surface area contributed by atoms with Crippen molar-refractivity contribution in [1.29, 1.82) is 0 Å². The zero-order chi connectivity index (χ0) is 18.9.